The summed E-state index contributed by atoms with van der Waals surface area (Å²) in [5.74, 6) is 0.295. The van der Waals surface area contributed by atoms with Crippen LogP contribution in [0, 0.1) is 0 Å². The number of hydrogen-bond acceptors (Lipinski definition) is 7. The van der Waals surface area contributed by atoms with Crippen LogP contribution in [0.5, 0.6) is 0 Å². The van der Waals surface area contributed by atoms with Crippen LogP contribution < -0.4 is 16.0 Å². The van der Waals surface area contributed by atoms with E-state index in [0.717, 1.165) is 6.07 Å². The van der Waals surface area contributed by atoms with Crippen LogP contribution in [0.2, 0.25) is 5.02 Å². The van der Waals surface area contributed by atoms with Crippen molar-refractivity contribution in [3.8, 4) is 16.9 Å². The number of carbonyl (C=O) groups excluding carboxylic acids is 2. The molecule has 0 saturated heterocycles. The first kappa shape index (κ1) is 31.2. The Morgan fingerprint density at radius 1 is 0.933 bits per heavy atom. The highest BCUT2D eigenvalue weighted by molar-refractivity contribution is 6.33. The van der Waals surface area contributed by atoms with Gasteiger partial charge in [0.1, 0.15) is 5.82 Å². The van der Waals surface area contributed by atoms with E-state index in [9.17, 15) is 27.9 Å². The molecule has 0 spiro atoms. The first-order valence-corrected chi connectivity index (χ1v) is 13.8. The maximum atomic E-state index is 13.9. The van der Waals surface area contributed by atoms with Gasteiger partial charge in [0.05, 0.1) is 11.7 Å². The number of aliphatic hydroxyl groups excluding tert-OH is 1. The van der Waals surface area contributed by atoms with Crippen molar-refractivity contribution in [2.24, 2.45) is 0 Å². The fourth-order valence-corrected chi connectivity index (χ4v) is 4.60. The minimum Gasteiger partial charge on any atom is -0.392 e. The molecule has 5 rings (SSSR count). The molecule has 0 aliphatic carbocycles. The number of alkyl halides is 3. The van der Waals surface area contributed by atoms with Gasteiger partial charge in [-0.05, 0) is 61.0 Å². The van der Waals surface area contributed by atoms with Gasteiger partial charge in [-0.3, -0.25) is 9.36 Å². The van der Waals surface area contributed by atoms with E-state index < -0.39 is 29.7 Å². The molecule has 0 bridgehead atoms. The number of rotatable bonds is 9. The third kappa shape index (κ3) is 7.45. The number of urea groups is 1. The molecule has 10 nitrogen and oxygen atoms in total. The van der Waals surface area contributed by atoms with E-state index in [1.165, 1.54) is 65.5 Å². The van der Waals surface area contributed by atoms with E-state index >= 15 is 0 Å². The summed E-state index contributed by atoms with van der Waals surface area (Å²) in [6, 6.07) is 16.3. The minimum atomic E-state index is -4.70. The van der Waals surface area contributed by atoms with Crippen molar-refractivity contribution in [2.75, 3.05) is 22.5 Å². The zero-order valence-electron chi connectivity index (χ0n) is 23.5. The molecule has 5 aromatic rings. The lowest BCUT2D eigenvalue weighted by molar-refractivity contribution is -0.137. The van der Waals surface area contributed by atoms with Gasteiger partial charge < -0.3 is 21.1 Å². The lowest BCUT2D eigenvalue weighted by Gasteiger charge is -2.16. The third-order valence-electron chi connectivity index (χ3n) is 6.44. The lowest BCUT2D eigenvalue weighted by Crippen LogP contribution is -2.20. The normalized spacial score (nSPS) is 12.0. The van der Waals surface area contributed by atoms with Crippen LogP contribution in [0.3, 0.4) is 0 Å². The standard InChI is InChI=1S/C31H25ClF3N7O3/c1-18(43)17-38-29-37-13-12-26(41-29)42-15-14-36-28(42)27(44)19-6-8-20(9-7-19)39-30(45)40-21-10-11-22(24(16-21)31(33,34)35)23-4-2-3-5-25(23)32/h2-16,18,43H,17H2,1H3,(H,37,38,41)(H2,39,40,45)/t18-/m0/s1. The number of amides is 2. The van der Waals surface area contributed by atoms with Crippen molar-refractivity contribution in [1.82, 2.24) is 19.5 Å². The maximum Gasteiger partial charge on any atom is 0.417 e. The Bertz CT molecular complexity index is 1840. The van der Waals surface area contributed by atoms with Crippen LogP contribution in [-0.2, 0) is 6.18 Å². The average molecular weight is 636 g/mol. The number of aromatic nitrogens is 4. The van der Waals surface area contributed by atoms with Crippen LogP contribution in [0.15, 0.2) is 91.4 Å². The van der Waals surface area contributed by atoms with Crippen molar-refractivity contribution in [3.05, 3.63) is 113 Å². The van der Waals surface area contributed by atoms with E-state index in [1.54, 1.807) is 31.3 Å². The topological polar surface area (TPSA) is 134 Å². The molecule has 230 valence electrons. The molecule has 0 aliphatic heterocycles. The summed E-state index contributed by atoms with van der Waals surface area (Å²) in [4.78, 5) is 38.5. The molecule has 2 heterocycles. The molecule has 3 aromatic carbocycles. The van der Waals surface area contributed by atoms with Gasteiger partial charge in [-0.1, -0.05) is 35.9 Å². The summed E-state index contributed by atoms with van der Waals surface area (Å²) in [7, 11) is 0. The predicted octanol–water partition coefficient (Wildman–Crippen LogP) is 6.67. The molecule has 0 aliphatic rings. The summed E-state index contributed by atoms with van der Waals surface area (Å²) in [5.41, 5.74) is -0.382. The molecular weight excluding hydrogens is 611 g/mol. The van der Waals surface area contributed by atoms with Crippen LogP contribution in [0.4, 0.5) is 35.3 Å². The number of halogens is 4. The summed E-state index contributed by atoms with van der Waals surface area (Å²) < 4.78 is 43.2. The highest BCUT2D eigenvalue weighted by Crippen LogP contribution is 2.40. The SMILES string of the molecule is C[C@H](O)CNc1nccc(-n2ccnc2C(=O)c2ccc(NC(=O)Nc3ccc(-c4ccccc4Cl)c(C(F)(F)F)c3)cc2)n1. The number of ketones is 1. The van der Waals surface area contributed by atoms with E-state index in [4.69, 9.17) is 11.6 Å². The summed E-state index contributed by atoms with van der Waals surface area (Å²) in [5, 5.41) is 17.5. The average Bonchev–Trinajstić information content (AvgIpc) is 3.50. The van der Waals surface area contributed by atoms with Gasteiger partial charge in [-0.25, -0.2) is 14.8 Å². The van der Waals surface area contributed by atoms with Crippen molar-refractivity contribution < 1.29 is 27.9 Å². The fourth-order valence-electron chi connectivity index (χ4n) is 4.36. The molecule has 2 amide bonds. The second kappa shape index (κ2) is 13.2. The Kier molecular flexibility index (Phi) is 9.11. The lowest BCUT2D eigenvalue weighted by atomic mass is 9.98. The van der Waals surface area contributed by atoms with Gasteiger partial charge in [-0.15, -0.1) is 0 Å². The largest absolute Gasteiger partial charge is 0.417 e. The molecule has 4 N–H and O–H groups in total. The number of nitrogens with one attached hydrogen (secondary N) is 3. The van der Waals surface area contributed by atoms with E-state index in [0.29, 0.717) is 11.5 Å². The number of anilines is 3. The highest BCUT2D eigenvalue weighted by atomic mass is 35.5. The molecule has 0 fully saturated rings. The molecular formula is C31H25ClF3N7O3. The summed E-state index contributed by atoms with van der Waals surface area (Å²) in [6.45, 7) is 1.85. The second-order valence-corrected chi connectivity index (χ2v) is 10.2. The smallest absolute Gasteiger partial charge is 0.392 e. The van der Waals surface area contributed by atoms with Gasteiger partial charge in [0.15, 0.2) is 5.82 Å². The maximum absolute atomic E-state index is 13.9. The Morgan fingerprint density at radius 3 is 2.36 bits per heavy atom. The Balaban J connectivity index is 1.28. The van der Waals surface area contributed by atoms with Crippen molar-refractivity contribution in [1.29, 1.82) is 0 Å². The predicted molar refractivity (Wildman–Crippen MR) is 164 cm³/mol. The first-order chi connectivity index (χ1) is 21.5. The van der Waals surface area contributed by atoms with Gasteiger partial charge in [0, 0.05) is 52.7 Å². The summed E-state index contributed by atoms with van der Waals surface area (Å²) in [6.07, 6.45) is -0.794. The second-order valence-electron chi connectivity index (χ2n) is 9.81. The fraction of sp³-hybridized carbons (Fsp3) is 0.129. The summed E-state index contributed by atoms with van der Waals surface area (Å²) >= 11 is 6.13. The van der Waals surface area contributed by atoms with Gasteiger partial charge >= 0.3 is 12.2 Å². The van der Waals surface area contributed by atoms with E-state index in [-0.39, 0.29) is 45.7 Å². The number of imidazole rings is 1. The monoisotopic (exact) mass is 635 g/mol. The van der Waals surface area contributed by atoms with E-state index in [2.05, 4.69) is 30.9 Å². The number of carbonyl (C=O) groups is 2. The molecule has 2 aromatic heterocycles. The Labute approximate surface area is 259 Å². The van der Waals surface area contributed by atoms with Crippen molar-refractivity contribution in [3.63, 3.8) is 0 Å². The van der Waals surface area contributed by atoms with Crippen LogP contribution >= 0.6 is 11.6 Å². The van der Waals surface area contributed by atoms with Gasteiger partial charge in [0.2, 0.25) is 11.7 Å². The van der Waals surface area contributed by atoms with Gasteiger partial charge in [-0.2, -0.15) is 18.2 Å². The van der Waals surface area contributed by atoms with Crippen LogP contribution in [0.1, 0.15) is 28.7 Å². The number of hydrogen-bond donors (Lipinski definition) is 4. The molecule has 0 radical (unpaired) electrons. The van der Waals surface area contributed by atoms with Crippen molar-refractivity contribution >= 4 is 40.7 Å². The molecule has 0 saturated carbocycles. The molecule has 1 atom stereocenters. The Hall–Kier alpha value is -5.27. The number of nitrogens with zero attached hydrogens (tertiary/aromatic N) is 4. The molecule has 14 heteroatoms. The molecule has 0 unspecified atom stereocenters. The van der Waals surface area contributed by atoms with E-state index in [1.807, 2.05) is 0 Å². The van der Waals surface area contributed by atoms with Crippen molar-refractivity contribution in [2.45, 2.75) is 19.2 Å². The van der Waals surface area contributed by atoms with Crippen LogP contribution in [0.25, 0.3) is 16.9 Å². The Morgan fingerprint density at radius 2 is 1.64 bits per heavy atom. The third-order valence-corrected chi connectivity index (χ3v) is 6.77. The quantitative estimate of drug-likeness (QED) is 0.133. The number of aliphatic hydroxyl groups is 1. The first-order valence-electron chi connectivity index (χ1n) is 13.5. The number of benzene rings is 3. The molecule has 45 heavy (non-hydrogen) atoms. The zero-order valence-corrected chi connectivity index (χ0v) is 24.3. The van der Waals surface area contributed by atoms with Gasteiger partial charge in [0.25, 0.3) is 0 Å². The zero-order chi connectivity index (χ0) is 32.1. The highest BCUT2D eigenvalue weighted by Gasteiger charge is 2.34. The van der Waals surface area contributed by atoms with Crippen LogP contribution in [-0.4, -0.2) is 49.1 Å². The minimum absolute atomic E-state index is 0.0781.